The zero-order chi connectivity index (χ0) is 16.8. The first-order valence-electron chi connectivity index (χ1n) is 7.24. The number of pyridine rings is 1. The second-order valence-corrected chi connectivity index (χ2v) is 5.63. The van der Waals surface area contributed by atoms with E-state index in [-0.39, 0.29) is 0 Å². The summed E-state index contributed by atoms with van der Waals surface area (Å²) in [6, 6.07) is 5.58. The van der Waals surface area contributed by atoms with E-state index >= 15 is 0 Å². The average molecular weight is 347 g/mol. The van der Waals surface area contributed by atoms with Crippen LogP contribution in [0, 0.1) is 0 Å². The van der Waals surface area contributed by atoms with Crippen LogP contribution in [0.15, 0.2) is 29.8 Å². The van der Waals surface area contributed by atoms with Crippen molar-refractivity contribution in [1.82, 2.24) is 25.0 Å². The zero-order valence-corrected chi connectivity index (χ0v) is 14.2. The molecule has 3 aromatic rings. The van der Waals surface area contributed by atoms with Gasteiger partial charge in [0.25, 0.3) is 0 Å². The molecular formula is C15H17N5O3S. The fourth-order valence-electron chi connectivity index (χ4n) is 1.94. The van der Waals surface area contributed by atoms with Gasteiger partial charge in [-0.25, -0.2) is 14.6 Å². The van der Waals surface area contributed by atoms with Crippen molar-refractivity contribution in [1.29, 1.82) is 0 Å². The highest BCUT2D eigenvalue weighted by molar-refractivity contribution is 7.13. The maximum atomic E-state index is 5.40. The molecular weight excluding hydrogens is 330 g/mol. The Morgan fingerprint density at radius 2 is 2.00 bits per heavy atom. The number of thiazole rings is 1. The van der Waals surface area contributed by atoms with Crippen molar-refractivity contribution in [3.8, 4) is 28.0 Å². The van der Waals surface area contributed by atoms with Crippen LogP contribution in [0.2, 0.25) is 0 Å². The monoisotopic (exact) mass is 347 g/mol. The van der Waals surface area contributed by atoms with Gasteiger partial charge in [-0.2, -0.15) is 0 Å². The number of ether oxygens (including phenoxy) is 3. The Labute approximate surface area is 143 Å². The summed E-state index contributed by atoms with van der Waals surface area (Å²) < 4.78 is 17.1. The van der Waals surface area contributed by atoms with E-state index in [0.717, 1.165) is 16.4 Å². The lowest BCUT2D eigenvalue weighted by atomic mass is 10.3. The van der Waals surface area contributed by atoms with Gasteiger partial charge in [0.2, 0.25) is 5.88 Å². The van der Waals surface area contributed by atoms with Gasteiger partial charge in [0.15, 0.2) is 0 Å². The van der Waals surface area contributed by atoms with Crippen LogP contribution in [0.1, 0.15) is 0 Å². The molecule has 0 aliphatic carbocycles. The first kappa shape index (κ1) is 16.5. The van der Waals surface area contributed by atoms with E-state index in [1.807, 2.05) is 17.5 Å². The molecule has 3 aromatic heterocycles. The van der Waals surface area contributed by atoms with Crippen molar-refractivity contribution in [3.05, 3.63) is 29.8 Å². The molecule has 0 saturated heterocycles. The number of aromatic nitrogens is 5. The minimum atomic E-state index is 0.324. The molecule has 0 radical (unpaired) electrons. The highest BCUT2D eigenvalue weighted by Gasteiger charge is 2.11. The molecule has 24 heavy (non-hydrogen) atoms. The quantitative estimate of drug-likeness (QED) is 0.577. The van der Waals surface area contributed by atoms with Gasteiger partial charge in [0.1, 0.15) is 28.8 Å². The lowest BCUT2D eigenvalue weighted by molar-refractivity contribution is 0.0281. The normalized spacial score (nSPS) is 10.9. The van der Waals surface area contributed by atoms with Crippen LogP contribution in [0.4, 0.5) is 0 Å². The fraction of sp³-hybridized carbons (Fsp3) is 0.333. The van der Waals surface area contributed by atoms with Gasteiger partial charge >= 0.3 is 0 Å². The largest absolute Gasteiger partial charge is 0.481 e. The van der Waals surface area contributed by atoms with Gasteiger partial charge in [-0.3, -0.25) is 0 Å². The SMILES string of the molecule is COCCOCn1cc(-c2csc(-c3cccc(OC)n3)n2)nn1. The Kier molecular flexibility index (Phi) is 5.47. The summed E-state index contributed by atoms with van der Waals surface area (Å²) in [5.74, 6) is 0.559. The molecule has 0 fully saturated rings. The van der Waals surface area contributed by atoms with Gasteiger partial charge in [-0.15, -0.1) is 16.4 Å². The minimum Gasteiger partial charge on any atom is -0.481 e. The summed E-state index contributed by atoms with van der Waals surface area (Å²) in [5.41, 5.74) is 2.21. The molecule has 3 heterocycles. The molecule has 0 spiro atoms. The standard InChI is InChI=1S/C15H17N5O3S/c1-21-6-7-23-10-20-8-12(18-19-20)13-9-24-15(17-13)11-4-3-5-14(16-11)22-2/h3-5,8-9H,6-7,10H2,1-2H3. The molecule has 126 valence electrons. The van der Waals surface area contributed by atoms with Crippen LogP contribution < -0.4 is 4.74 Å². The second kappa shape index (κ2) is 7.95. The molecule has 0 bridgehead atoms. The maximum Gasteiger partial charge on any atom is 0.213 e. The summed E-state index contributed by atoms with van der Waals surface area (Å²) in [7, 11) is 3.22. The predicted octanol–water partition coefficient (Wildman–Crippen LogP) is 2.09. The number of hydrogen-bond donors (Lipinski definition) is 0. The van der Waals surface area contributed by atoms with Crippen molar-refractivity contribution >= 4 is 11.3 Å². The average Bonchev–Trinajstić information content (AvgIpc) is 3.28. The van der Waals surface area contributed by atoms with Crippen LogP contribution in [0.25, 0.3) is 22.1 Å². The molecule has 0 atom stereocenters. The van der Waals surface area contributed by atoms with Gasteiger partial charge in [0, 0.05) is 18.6 Å². The third-order valence-corrected chi connectivity index (χ3v) is 3.98. The van der Waals surface area contributed by atoms with Crippen molar-refractivity contribution in [3.63, 3.8) is 0 Å². The first-order valence-corrected chi connectivity index (χ1v) is 8.12. The van der Waals surface area contributed by atoms with Gasteiger partial charge in [-0.05, 0) is 6.07 Å². The van der Waals surface area contributed by atoms with Crippen molar-refractivity contribution < 1.29 is 14.2 Å². The summed E-state index contributed by atoms with van der Waals surface area (Å²) in [5, 5.41) is 10.9. The first-order chi connectivity index (χ1) is 11.8. The highest BCUT2D eigenvalue weighted by atomic mass is 32.1. The third-order valence-electron chi connectivity index (χ3n) is 3.11. The smallest absolute Gasteiger partial charge is 0.213 e. The minimum absolute atomic E-state index is 0.324. The van der Waals surface area contributed by atoms with E-state index in [2.05, 4.69) is 20.3 Å². The third kappa shape index (κ3) is 3.94. The topological polar surface area (TPSA) is 84.2 Å². The molecule has 9 heteroatoms. The Bertz CT molecular complexity index is 789. The summed E-state index contributed by atoms with van der Waals surface area (Å²) in [6.07, 6.45) is 1.80. The molecule has 0 amide bonds. The molecule has 0 N–H and O–H groups in total. The molecule has 3 rings (SSSR count). The van der Waals surface area contributed by atoms with Crippen molar-refractivity contribution in [2.24, 2.45) is 0 Å². The summed E-state index contributed by atoms with van der Waals surface area (Å²) in [4.78, 5) is 8.96. The molecule has 8 nitrogen and oxygen atoms in total. The van der Waals surface area contributed by atoms with E-state index in [4.69, 9.17) is 14.2 Å². The lowest BCUT2D eigenvalue weighted by Gasteiger charge is -2.01. The van der Waals surface area contributed by atoms with E-state index in [0.29, 0.717) is 31.5 Å². The number of rotatable bonds is 8. The summed E-state index contributed by atoms with van der Waals surface area (Å²) in [6.45, 7) is 1.38. The van der Waals surface area contributed by atoms with Crippen LogP contribution in [0.5, 0.6) is 5.88 Å². The fourth-order valence-corrected chi connectivity index (χ4v) is 2.72. The van der Waals surface area contributed by atoms with E-state index in [1.165, 1.54) is 11.3 Å². The van der Waals surface area contributed by atoms with E-state index in [9.17, 15) is 0 Å². The Hall–Kier alpha value is -2.36. The molecule has 0 aliphatic heterocycles. The van der Waals surface area contributed by atoms with Crippen LogP contribution in [-0.4, -0.2) is 52.4 Å². The molecule has 0 saturated carbocycles. The van der Waals surface area contributed by atoms with E-state index in [1.54, 1.807) is 31.2 Å². The van der Waals surface area contributed by atoms with Crippen LogP contribution >= 0.6 is 11.3 Å². The Balaban J connectivity index is 1.70. The van der Waals surface area contributed by atoms with Gasteiger partial charge < -0.3 is 14.2 Å². The van der Waals surface area contributed by atoms with Crippen LogP contribution in [-0.2, 0) is 16.2 Å². The number of nitrogens with zero attached hydrogens (tertiary/aromatic N) is 5. The Morgan fingerprint density at radius 3 is 2.83 bits per heavy atom. The van der Waals surface area contributed by atoms with E-state index < -0.39 is 0 Å². The zero-order valence-electron chi connectivity index (χ0n) is 13.4. The molecule has 0 aromatic carbocycles. The highest BCUT2D eigenvalue weighted by Crippen LogP contribution is 2.27. The molecule has 0 aliphatic rings. The number of hydrogen-bond acceptors (Lipinski definition) is 8. The molecule has 0 unspecified atom stereocenters. The second-order valence-electron chi connectivity index (χ2n) is 4.78. The summed E-state index contributed by atoms with van der Waals surface area (Å²) >= 11 is 1.50. The predicted molar refractivity (Wildman–Crippen MR) is 88.7 cm³/mol. The lowest BCUT2D eigenvalue weighted by Crippen LogP contribution is -2.07. The van der Waals surface area contributed by atoms with Gasteiger partial charge in [0.05, 0.1) is 26.5 Å². The van der Waals surface area contributed by atoms with Crippen LogP contribution in [0.3, 0.4) is 0 Å². The van der Waals surface area contributed by atoms with Crippen molar-refractivity contribution in [2.45, 2.75) is 6.73 Å². The number of methoxy groups -OCH3 is 2. The van der Waals surface area contributed by atoms with Crippen molar-refractivity contribution in [2.75, 3.05) is 27.4 Å². The maximum absolute atomic E-state index is 5.40. The Morgan fingerprint density at radius 1 is 1.08 bits per heavy atom. The van der Waals surface area contributed by atoms with Gasteiger partial charge in [-0.1, -0.05) is 11.3 Å².